The molecular weight excluding hydrogens is 365 g/mol. The van der Waals surface area contributed by atoms with Crippen LogP contribution >= 0.6 is 15.9 Å². The average molecular weight is 390 g/mol. The van der Waals surface area contributed by atoms with Crippen molar-refractivity contribution in [1.82, 2.24) is 5.32 Å². The summed E-state index contributed by atoms with van der Waals surface area (Å²) in [4.78, 5) is 11.4. The van der Waals surface area contributed by atoms with Crippen LogP contribution < -0.4 is 10.1 Å². The summed E-state index contributed by atoms with van der Waals surface area (Å²) < 4.78 is 24.4. The average Bonchev–Trinajstić information content (AvgIpc) is 2.43. The number of halogens is 2. The number of nitrogens with one attached hydrogen (secondary N) is 1. The molecule has 0 saturated heterocycles. The van der Waals surface area contributed by atoms with Crippen LogP contribution in [0.5, 0.6) is 5.75 Å². The molecule has 23 heavy (non-hydrogen) atoms. The van der Waals surface area contributed by atoms with Crippen LogP contribution in [0.15, 0.2) is 22.7 Å². The van der Waals surface area contributed by atoms with Crippen LogP contribution in [0.4, 0.5) is 9.18 Å². The summed E-state index contributed by atoms with van der Waals surface area (Å²) >= 11 is 3.10. The summed E-state index contributed by atoms with van der Waals surface area (Å²) in [5, 5.41) is 2.73. The van der Waals surface area contributed by atoms with Gasteiger partial charge >= 0.3 is 6.09 Å². The number of alkyl carbamates (subject to hydrolysis) is 1. The molecule has 6 heteroatoms. The zero-order valence-corrected chi connectivity index (χ0v) is 15.5. The quantitative estimate of drug-likeness (QED) is 0.632. The lowest BCUT2D eigenvalue weighted by Gasteiger charge is -2.19. The Morgan fingerprint density at radius 3 is 2.57 bits per heavy atom. The second-order valence-electron chi connectivity index (χ2n) is 6.27. The van der Waals surface area contributed by atoms with Gasteiger partial charge in [0.2, 0.25) is 0 Å². The van der Waals surface area contributed by atoms with Crippen molar-refractivity contribution in [1.29, 1.82) is 0 Å². The van der Waals surface area contributed by atoms with Crippen LogP contribution in [0.2, 0.25) is 0 Å². The van der Waals surface area contributed by atoms with Crippen LogP contribution in [0.1, 0.15) is 46.5 Å². The van der Waals surface area contributed by atoms with Crippen molar-refractivity contribution in [3.05, 3.63) is 28.5 Å². The third kappa shape index (κ3) is 9.43. The molecule has 0 aliphatic heterocycles. The van der Waals surface area contributed by atoms with E-state index in [9.17, 15) is 9.18 Å². The highest BCUT2D eigenvalue weighted by atomic mass is 79.9. The number of amides is 1. The van der Waals surface area contributed by atoms with Gasteiger partial charge in [0.1, 0.15) is 17.2 Å². The Morgan fingerprint density at radius 2 is 1.91 bits per heavy atom. The molecule has 1 amide bonds. The summed E-state index contributed by atoms with van der Waals surface area (Å²) in [5.74, 6) is 0.216. The van der Waals surface area contributed by atoms with Crippen LogP contribution in [0.25, 0.3) is 0 Å². The summed E-state index contributed by atoms with van der Waals surface area (Å²) in [5.41, 5.74) is -0.464. The molecule has 1 rings (SSSR count). The Bertz CT molecular complexity index is 503. The molecule has 4 nitrogen and oxygen atoms in total. The molecule has 0 aliphatic carbocycles. The van der Waals surface area contributed by atoms with E-state index in [2.05, 4.69) is 21.2 Å². The highest BCUT2D eigenvalue weighted by Crippen LogP contribution is 2.21. The molecule has 0 saturated carbocycles. The molecule has 0 spiro atoms. The van der Waals surface area contributed by atoms with E-state index < -0.39 is 5.60 Å². The third-order valence-electron chi connectivity index (χ3n) is 2.90. The molecule has 1 aromatic carbocycles. The van der Waals surface area contributed by atoms with E-state index in [-0.39, 0.29) is 11.9 Å². The number of carbonyl (C=O) groups excluding carboxylic acids is 1. The minimum atomic E-state index is -0.464. The number of benzene rings is 1. The fourth-order valence-corrected chi connectivity index (χ4v) is 2.09. The van der Waals surface area contributed by atoms with E-state index in [1.54, 1.807) is 12.1 Å². The first kappa shape index (κ1) is 19.7. The van der Waals surface area contributed by atoms with Crippen molar-refractivity contribution in [3.8, 4) is 5.75 Å². The lowest BCUT2D eigenvalue weighted by molar-refractivity contribution is 0.0527. The van der Waals surface area contributed by atoms with Gasteiger partial charge in [-0.3, -0.25) is 0 Å². The van der Waals surface area contributed by atoms with Gasteiger partial charge in [0.05, 0.1) is 11.1 Å². The maximum Gasteiger partial charge on any atom is 0.407 e. The smallest absolute Gasteiger partial charge is 0.407 e. The molecule has 1 N–H and O–H groups in total. The molecule has 0 heterocycles. The largest absolute Gasteiger partial charge is 0.493 e. The number of carbonyl (C=O) groups is 1. The van der Waals surface area contributed by atoms with Gasteiger partial charge in [-0.25, -0.2) is 9.18 Å². The number of ether oxygens (including phenoxy) is 2. The van der Waals surface area contributed by atoms with E-state index in [0.29, 0.717) is 23.4 Å². The third-order valence-corrected chi connectivity index (χ3v) is 3.54. The van der Waals surface area contributed by atoms with Crippen molar-refractivity contribution in [2.45, 2.75) is 52.1 Å². The summed E-state index contributed by atoms with van der Waals surface area (Å²) in [6, 6.07) is 4.74. The van der Waals surface area contributed by atoms with Crippen molar-refractivity contribution in [2.24, 2.45) is 0 Å². The van der Waals surface area contributed by atoms with E-state index in [0.717, 1.165) is 25.7 Å². The Balaban J connectivity index is 2.01. The van der Waals surface area contributed by atoms with Gasteiger partial charge in [0.15, 0.2) is 0 Å². The fourth-order valence-electron chi connectivity index (χ4n) is 1.84. The Hall–Kier alpha value is -1.30. The zero-order chi connectivity index (χ0) is 17.3. The second-order valence-corrected chi connectivity index (χ2v) is 7.12. The van der Waals surface area contributed by atoms with E-state index in [1.165, 1.54) is 6.07 Å². The highest BCUT2D eigenvalue weighted by molar-refractivity contribution is 9.10. The molecule has 0 bridgehead atoms. The van der Waals surface area contributed by atoms with Crippen molar-refractivity contribution < 1.29 is 18.7 Å². The number of hydrogen-bond acceptors (Lipinski definition) is 3. The van der Waals surface area contributed by atoms with Crippen molar-refractivity contribution in [2.75, 3.05) is 13.2 Å². The molecular formula is C17H25BrFNO3. The number of rotatable bonds is 8. The molecule has 0 aromatic heterocycles. The van der Waals surface area contributed by atoms with Gasteiger partial charge in [-0.05, 0) is 61.7 Å². The first-order valence-corrected chi connectivity index (χ1v) is 8.62. The minimum absolute atomic E-state index is 0.323. The Kier molecular flexibility index (Phi) is 8.37. The Morgan fingerprint density at radius 1 is 1.22 bits per heavy atom. The van der Waals surface area contributed by atoms with Gasteiger partial charge in [-0.2, -0.15) is 0 Å². The van der Waals surface area contributed by atoms with Crippen LogP contribution in [-0.4, -0.2) is 24.8 Å². The molecule has 0 fully saturated rings. The van der Waals surface area contributed by atoms with Crippen molar-refractivity contribution >= 4 is 22.0 Å². The summed E-state index contributed by atoms with van der Waals surface area (Å²) in [6.45, 7) is 6.67. The second kappa shape index (κ2) is 9.75. The predicted molar refractivity (Wildman–Crippen MR) is 92.3 cm³/mol. The fraction of sp³-hybridized carbons (Fsp3) is 0.588. The molecule has 130 valence electrons. The highest BCUT2D eigenvalue weighted by Gasteiger charge is 2.15. The molecule has 0 radical (unpaired) electrons. The first-order chi connectivity index (χ1) is 10.8. The topological polar surface area (TPSA) is 47.6 Å². The van der Waals surface area contributed by atoms with Gasteiger partial charge in [0, 0.05) is 12.6 Å². The summed E-state index contributed by atoms with van der Waals surface area (Å²) in [7, 11) is 0. The first-order valence-electron chi connectivity index (χ1n) is 7.82. The maximum absolute atomic E-state index is 13.3. The van der Waals surface area contributed by atoms with Gasteiger partial charge < -0.3 is 14.8 Å². The van der Waals surface area contributed by atoms with Crippen molar-refractivity contribution in [3.63, 3.8) is 0 Å². The van der Waals surface area contributed by atoms with Crippen LogP contribution in [-0.2, 0) is 4.74 Å². The predicted octanol–water partition coefficient (Wildman–Crippen LogP) is 5.05. The van der Waals surface area contributed by atoms with Gasteiger partial charge in [0.25, 0.3) is 0 Å². The number of hydrogen-bond donors (Lipinski definition) is 1. The zero-order valence-electron chi connectivity index (χ0n) is 14.0. The van der Waals surface area contributed by atoms with E-state index in [1.807, 2.05) is 20.8 Å². The monoisotopic (exact) mass is 389 g/mol. The molecule has 0 atom stereocenters. The lowest BCUT2D eigenvalue weighted by atomic mass is 10.2. The standard InChI is InChI=1S/C17H25BrFNO3/c1-17(2,3)23-16(21)20-10-6-4-5-7-11-22-13-8-9-14(18)15(19)12-13/h8-9,12H,4-7,10-11H2,1-3H3,(H,20,21). The van der Waals surface area contributed by atoms with E-state index >= 15 is 0 Å². The molecule has 1 aromatic rings. The normalized spacial score (nSPS) is 11.2. The van der Waals surface area contributed by atoms with Gasteiger partial charge in [-0.1, -0.05) is 12.8 Å². The molecule has 0 aliphatic rings. The molecule has 0 unspecified atom stereocenters. The Labute approximate surface area is 145 Å². The number of unbranched alkanes of at least 4 members (excludes halogenated alkanes) is 3. The van der Waals surface area contributed by atoms with E-state index in [4.69, 9.17) is 9.47 Å². The van der Waals surface area contributed by atoms with Crippen LogP contribution in [0.3, 0.4) is 0 Å². The maximum atomic E-state index is 13.3. The lowest BCUT2D eigenvalue weighted by Crippen LogP contribution is -2.32. The van der Waals surface area contributed by atoms with Gasteiger partial charge in [-0.15, -0.1) is 0 Å². The minimum Gasteiger partial charge on any atom is -0.493 e. The SMILES string of the molecule is CC(C)(C)OC(=O)NCCCCCCOc1ccc(Br)c(F)c1. The van der Waals surface area contributed by atoms with Crippen LogP contribution in [0, 0.1) is 5.82 Å². The summed E-state index contributed by atoms with van der Waals surface area (Å²) in [6.07, 6.45) is 3.40.